The molecule has 5 nitrogen and oxygen atoms in total. The Morgan fingerprint density at radius 3 is 2.54 bits per heavy atom. The molecule has 0 aliphatic carbocycles. The Balaban J connectivity index is 1.88. The number of hydrogen-bond donors (Lipinski definition) is 1. The fourth-order valence-corrected chi connectivity index (χ4v) is 2.48. The third kappa shape index (κ3) is 3.52. The quantitative estimate of drug-likeness (QED) is 0.684. The highest BCUT2D eigenvalue weighted by atomic mass is 35.5. The van der Waals surface area contributed by atoms with E-state index in [1.807, 2.05) is 0 Å². The highest BCUT2D eigenvalue weighted by molar-refractivity contribution is 6.32. The van der Waals surface area contributed by atoms with Gasteiger partial charge in [-0.3, -0.25) is 10.1 Å². The molecule has 0 fully saturated rings. The van der Waals surface area contributed by atoms with Gasteiger partial charge in [-0.05, 0) is 24.3 Å². The Morgan fingerprint density at radius 2 is 1.85 bits per heavy atom. The Labute approximate surface area is 149 Å². The molecule has 2 aromatic carbocycles. The molecule has 3 rings (SSSR count). The zero-order valence-electron chi connectivity index (χ0n) is 12.8. The van der Waals surface area contributed by atoms with Crippen molar-refractivity contribution in [1.82, 2.24) is 14.8 Å². The predicted molar refractivity (Wildman–Crippen MR) is 85.7 cm³/mol. The summed E-state index contributed by atoms with van der Waals surface area (Å²) in [4.78, 5) is 15.9. The van der Waals surface area contributed by atoms with Gasteiger partial charge in [0.15, 0.2) is 0 Å². The Kier molecular flexibility index (Phi) is 4.64. The van der Waals surface area contributed by atoms with Gasteiger partial charge in [0.1, 0.15) is 17.8 Å². The van der Waals surface area contributed by atoms with E-state index in [2.05, 4.69) is 15.4 Å². The molecular weight excluding hydrogens is 376 g/mol. The van der Waals surface area contributed by atoms with Gasteiger partial charge in [0.25, 0.3) is 5.91 Å². The second kappa shape index (κ2) is 6.75. The first-order chi connectivity index (χ1) is 12.3. The standard InChI is InChI=1S/C16H9ClF4N4O/c17-11-6-3-7-12(18)13(11)25-8-22-15(24-25)23-14(26)9-4-1-2-5-10(9)16(19,20)21/h1-8H,(H,23,24,26). The van der Waals surface area contributed by atoms with Gasteiger partial charge in [-0.1, -0.05) is 29.8 Å². The summed E-state index contributed by atoms with van der Waals surface area (Å²) in [5.74, 6) is -2.02. The van der Waals surface area contributed by atoms with Gasteiger partial charge in [-0.2, -0.15) is 18.2 Å². The molecule has 0 bridgehead atoms. The third-order valence-electron chi connectivity index (χ3n) is 3.36. The largest absolute Gasteiger partial charge is 0.417 e. The van der Waals surface area contributed by atoms with E-state index >= 15 is 0 Å². The molecule has 0 unspecified atom stereocenters. The smallest absolute Gasteiger partial charge is 0.289 e. The molecule has 10 heteroatoms. The van der Waals surface area contributed by atoms with Crippen LogP contribution in [0.4, 0.5) is 23.5 Å². The fraction of sp³-hybridized carbons (Fsp3) is 0.0625. The minimum Gasteiger partial charge on any atom is -0.289 e. The Hall–Kier alpha value is -2.94. The maximum absolute atomic E-state index is 13.9. The number of nitrogens with one attached hydrogen (secondary N) is 1. The fourth-order valence-electron chi connectivity index (χ4n) is 2.23. The van der Waals surface area contributed by atoms with Crippen LogP contribution in [0.2, 0.25) is 5.02 Å². The summed E-state index contributed by atoms with van der Waals surface area (Å²) in [7, 11) is 0. The van der Waals surface area contributed by atoms with E-state index in [0.29, 0.717) is 0 Å². The lowest BCUT2D eigenvalue weighted by molar-refractivity contribution is -0.137. The van der Waals surface area contributed by atoms with E-state index < -0.39 is 29.0 Å². The number of alkyl halides is 3. The zero-order valence-corrected chi connectivity index (χ0v) is 13.5. The second-order valence-electron chi connectivity index (χ2n) is 5.08. The molecule has 1 heterocycles. The van der Waals surface area contributed by atoms with E-state index in [1.165, 1.54) is 24.3 Å². The number of halogens is 5. The first-order valence-corrected chi connectivity index (χ1v) is 7.49. The number of carbonyl (C=O) groups is 1. The van der Waals surface area contributed by atoms with Crippen molar-refractivity contribution in [1.29, 1.82) is 0 Å². The highest BCUT2D eigenvalue weighted by Gasteiger charge is 2.35. The molecule has 0 saturated heterocycles. The van der Waals surface area contributed by atoms with E-state index in [9.17, 15) is 22.4 Å². The van der Waals surface area contributed by atoms with E-state index in [0.717, 1.165) is 29.2 Å². The summed E-state index contributed by atoms with van der Waals surface area (Å²) in [5, 5.41) is 6.03. The van der Waals surface area contributed by atoms with E-state index in [1.54, 1.807) is 0 Å². The number of benzene rings is 2. The van der Waals surface area contributed by atoms with Crippen LogP contribution in [0.15, 0.2) is 48.8 Å². The maximum Gasteiger partial charge on any atom is 0.417 e. The second-order valence-corrected chi connectivity index (χ2v) is 5.49. The van der Waals surface area contributed by atoms with Gasteiger partial charge >= 0.3 is 6.18 Å². The molecule has 3 aromatic rings. The van der Waals surface area contributed by atoms with Crippen LogP contribution in [0.3, 0.4) is 0 Å². The molecular formula is C16H9ClF4N4O. The van der Waals surface area contributed by atoms with Gasteiger partial charge in [0.05, 0.1) is 16.1 Å². The van der Waals surface area contributed by atoms with Crippen LogP contribution < -0.4 is 5.32 Å². The Bertz CT molecular complexity index is 951. The van der Waals surface area contributed by atoms with Crippen LogP contribution >= 0.6 is 11.6 Å². The van der Waals surface area contributed by atoms with Crippen molar-refractivity contribution >= 4 is 23.5 Å². The SMILES string of the molecule is O=C(Nc1ncn(-c2c(F)cccc2Cl)n1)c1ccccc1C(F)(F)F. The van der Waals surface area contributed by atoms with Gasteiger partial charge in [-0.25, -0.2) is 9.07 Å². The van der Waals surface area contributed by atoms with Crippen LogP contribution in [0.1, 0.15) is 15.9 Å². The first-order valence-electron chi connectivity index (χ1n) is 7.11. The molecule has 1 N–H and O–H groups in total. The van der Waals surface area contributed by atoms with Crippen molar-refractivity contribution in [2.45, 2.75) is 6.18 Å². The van der Waals surface area contributed by atoms with Crippen LogP contribution in [-0.2, 0) is 6.18 Å². The normalized spacial score (nSPS) is 11.4. The summed E-state index contributed by atoms with van der Waals surface area (Å²) < 4.78 is 53.8. The molecule has 134 valence electrons. The van der Waals surface area contributed by atoms with Crippen molar-refractivity contribution in [3.63, 3.8) is 0 Å². The van der Waals surface area contributed by atoms with Crippen molar-refractivity contribution in [2.75, 3.05) is 5.32 Å². The number of amides is 1. The molecule has 1 amide bonds. The minimum atomic E-state index is -4.69. The number of hydrogen-bond acceptors (Lipinski definition) is 3. The van der Waals surface area contributed by atoms with Crippen molar-refractivity contribution < 1.29 is 22.4 Å². The average Bonchev–Trinajstić information content (AvgIpc) is 3.02. The molecule has 0 spiro atoms. The van der Waals surface area contributed by atoms with Gasteiger partial charge < -0.3 is 0 Å². The van der Waals surface area contributed by atoms with Gasteiger partial charge in [0, 0.05) is 0 Å². The molecule has 0 atom stereocenters. The lowest BCUT2D eigenvalue weighted by Crippen LogP contribution is -2.19. The topological polar surface area (TPSA) is 59.8 Å². The third-order valence-corrected chi connectivity index (χ3v) is 3.67. The summed E-state index contributed by atoms with van der Waals surface area (Å²) in [6, 6.07) is 8.28. The highest BCUT2D eigenvalue weighted by Crippen LogP contribution is 2.32. The first kappa shape index (κ1) is 17.9. The Morgan fingerprint density at radius 1 is 1.12 bits per heavy atom. The molecule has 26 heavy (non-hydrogen) atoms. The number of para-hydroxylation sites is 1. The van der Waals surface area contributed by atoms with Gasteiger partial charge in [-0.15, -0.1) is 5.10 Å². The van der Waals surface area contributed by atoms with E-state index in [-0.39, 0.29) is 16.7 Å². The van der Waals surface area contributed by atoms with Crippen LogP contribution in [-0.4, -0.2) is 20.7 Å². The average molecular weight is 385 g/mol. The summed E-state index contributed by atoms with van der Waals surface area (Å²) in [5.41, 5.74) is -1.77. The van der Waals surface area contributed by atoms with Crippen LogP contribution in [0, 0.1) is 5.82 Å². The minimum absolute atomic E-state index is 0.0511. The van der Waals surface area contributed by atoms with Crippen molar-refractivity contribution in [3.8, 4) is 5.69 Å². The number of carbonyl (C=O) groups excluding carboxylic acids is 1. The van der Waals surface area contributed by atoms with Crippen molar-refractivity contribution in [2.24, 2.45) is 0 Å². The zero-order chi connectivity index (χ0) is 18.9. The molecule has 1 aromatic heterocycles. The number of nitrogens with zero attached hydrogens (tertiary/aromatic N) is 3. The molecule has 0 radical (unpaired) electrons. The lowest BCUT2D eigenvalue weighted by Gasteiger charge is -2.11. The summed E-state index contributed by atoms with van der Waals surface area (Å²) >= 11 is 5.90. The van der Waals surface area contributed by atoms with Gasteiger partial charge in [0.2, 0.25) is 5.95 Å². The number of aromatic nitrogens is 3. The lowest BCUT2D eigenvalue weighted by atomic mass is 10.1. The summed E-state index contributed by atoms with van der Waals surface area (Å²) in [6.07, 6.45) is -3.61. The molecule has 0 aliphatic heterocycles. The van der Waals surface area contributed by atoms with Crippen LogP contribution in [0.5, 0.6) is 0 Å². The summed E-state index contributed by atoms with van der Waals surface area (Å²) in [6.45, 7) is 0. The monoisotopic (exact) mass is 384 g/mol. The van der Waals surface area contributed by atoms with Crippen molar-refractivity contribution in [3.05, 3.63) is 70.8 Å². The maximum atomic E-state index is 13.9. The van der Waals surface area contributed by atoms with Crippen LogP contribution in [0.25, 0.3) is 5.69 Å². The predicted octanol–water partition coefficient (Wildman–Crippen LogP) is 4.33. The number of rotatable bonds is 3. The number of anilines is 1. The molecule has 0 aliphatic rings. The molecule has 0 saturated carbocycles. The van der Waals surface area contributed by atoms with E-state index in [4.69, 9.17) is 11.6 Å².